The first-order valence-electron chi connectivity index (χ1n) is 4.66. The fourth-order valence-electron chi connectivity index (χ4n) is 1.35. The van der Waals surface area contributed by atoms with Crippen LogP contribution in [0.3, 0.4) is 0 Å². The largest absolute Gasteiger partial charge is 0.391 e. The molecule has 1 saturated heterocycles. The highest BCUT2D eigenvalue weighted by Gasteiger charge is 2.34. The Hall–Kier alpha value is -1.68. The third-order valence-corrected chi connectivity index (χ3v) is 2.12. The quantitative estimate of drug-likeness (QED) is 0.547. The Bertz CT molecular complexity index is 371. The minimum atomic E-state index is -0.738. The van der Waals surface area contributed by atoms with Gasteiger partial charge in [-0.2, -0.15) is 0 Å². The lowest BCUT2D eigenvalue weighted by Gasteiger charge is -2.06. The lowest BCUT2D eigenvalue weighted by Crippen LogP contribution is -2.18. The van der Waals surface area contributed by atoms with Gasteiger partial charge in [-0.25, -0.2) is 4.79 Å². The highest BCUT2D eigenvalue weighted by Crippen LogP contribution is 2.14. The number of ether oxygens (including phenoxy) is 2. The first-order chi connectivity index (χ1) is 7.25. The van der Waals surface area contributed by atoms with E-state index in [1.165, 1.54) is 0 Å². The normalized spacial score (nSPS) is 20.4. The molecule has 1 heterocycles. The molecule has 0 unspecified atom stereocenters. The number of esters is 2. The summed E-state index contributed by atoms with van der Waals surface area (Å²) < 4.78 is 9.64. The lowest BCUT2D eigenvalue weighted by molar-refractivity contribution is -0.155. The molecule has 0 aliphatic carbocycles. The average molecular weight is 206 g/mol. The summed E-state index contributed by atoms with van der Waals surface area (Å²) in [6.45, 7) is 0.313. The Balaban J connectivity index is 1.89. The molecule has 2 rings (SSSR count). The van der Waals surface area contributed by atoms with E-state index in [1.54, 1.807) is 0 Å². The topological polar surface area (TPSA) is 52.6 Å². The van der Waals surface area contributed by atoms with E-state index in [4.69, 9.17) is 4.74 Å². The monoisotopic (exact) mass is 206 g/mol. The molecule has 0 saturated carbocycles. The Morgan fingerprint density at radius 2 is 2.00 bits per heavy atom. The number of hydrogen-bond acceptors (Lipinski definition) is 4. The van der Waals surface area contributed by atoms with Crippen LogP contribution in [0.5, 0.6) is 0 Å². The van der Waals surface area contributed by atoms with E-state index >= 15 is 0 Å². The smallest absolute Gasteiger partial charge is 0.343 e. The third-order valence-electron chi connectivity index (χ3n) is 2.12. The fourth-order valence-corrected chi connectivity index (χ4v) is 1.35. The van der Waals surface area contributed by atoms with Crippen LogP contribution in [0.1, 0.15) is 12.0 Å². The second-order valence-electron chi connectivity index (χ2n) is 3.28. The van der Waals surface area contributed by atoms with Gasteiger partial charge in [0, 0.05) is 0 Å². The van der Waals surface area contributed by atoms with Gasteiger partial charge in [0.2, 0.25) is 0 Å². The van der Waals surface area contributed by atoms with Crippen LogP contribution >= 0.6 is 0 Å². The second-order valence-corrected chi connectivity index (χ2v) is 3.28. The van der Waals surface area contributed by atoms with Gasteiger partial charge in [-0.3, -0.25) is 4.79 Å². The summed E-state index contributed by atoms with van der Waals surface area (Å²) in [4.78, 5) is 21.8. The number of carbonyl (C=O) groups excluding carboxylic acids is 2. The highest BCUT2D eigenvalue weighted by atomic mass is 16.6. The molecule has 1 aromatic carbocycles. The SMILES string of the molecule is O=C1C[C@@H](OCc2ccccc2)C(=O)O1. The van der Waals surface area contributed by atoms with Gasteiger partial charge in [0.1, 0.15) is 0 Å². The molecule has 1 fully saturated rings. The molecule has 1 aliphatic rings. The van der Waals surface area contributed by atoms with E-state index in [0.717, 1.165) is 5.56 Å². The molecule has 0 amide bonds. The zero-order valence-electron chi connectivity index (χ0n) is 8.01. The standard InChI is InChI=1S/C11H10O4/c12-10-6-9(11(13)15-10)14-7-8-4-2-1-3-5-8/h1-5,9H,6-7H2/t9-/m1/s1. The van der Waals surface area contributed by atoms with Crippen molar-refractivity contribution >= 4 is 11.9 Å². The van der Waals surface area contributed by atoms with Crippen LogP contribution in [0.15, 0.2) is 30.3 Å². The van der Waals surface area contributed by atoms with Crippen LogP contribution in [-0.2, 0) is 25.7 Å². The molecule has 1 atom stereocenters. The maximum Gasteiger partial charge on any atom is 0.343 e. The molecule has 4 heteroatoms. The van der Waals surface area contributed by atoms with Gasteiger partial charge in [-0.15, -0.1) is 0 Å². The van der Waals surface area contributed by atoms with Crippen molar-refractivity contribution in [2.45, 2.75) is 19.1 Å². The number of rotatable bonds is 3. The molecular formula is C11H10O4. The Kier molecular flexibility index (Phi) is 2.78. The van der Waals surface area contributed by atoms with Crippen LogP contribution in [0.25, 0.3) is 0 Å². The zero-order valence-corrected chi connectivity index (χ0v) is 8.01. The number of carbonyl (C=O) groups is 2. The predicted molar refractivity (Wildman–Crippen MR) is 50.7 cm³/mol. The summed E-state index contributed by atoms with van der Waals surface area (Å²) in [5.74, 6) is -1.10. The predicted octanol–water partition coefficient (Wildman–Crippen LogP) is 1.05. The van der Waals surface area contributed by atoms with Crippen LogP contribution in [0, 0.1) is 0 Å². The summed E-state index contributed by atoms with van der Waals surface area (Å²) in [6, 6.07) is 9.45. The minimum absolute atomic E-state index is 0.0195. The van der Waals surface area contributed by atoms with E-state index < -0.39 is 18.0 Å². The first kappa shape index (κ1) is 9.86. The summed E-state index contributed by atoms with van der Waals surface area (Å²) in [6.07, 6.45) is -0.719. The third kappa shape index (κ3) is 2.41. The first-order valence-corrected chi connectivity index (χ1v) is 4.66. The van der Waals surface area contributed by atoms with Crippen molar-refractivity contribution in [3.8, 4) is 0 Å². The average Bonchev–Trinajstić information content (AvgIpc) is 2.56. The van der Waals surface area contributed by atoms with Gasteiger partial charge in [-0.05, 0) is 5.56 Å². The second kappa shape index (κ2) is 4.23. The van der Waals surface area contributed by atoms with Crippen molar-refractivity contribution in [1.82, 2.24) is 0 Å². The van der Waals surface area contributed by atoms with Crippen LogP contribution in [0.2, 0.25) is 0 Å². The minimum Gasteiger partial charge on any atom is -0.391 e. The van der Waals surface area contributed by atoms with E-state index in [2.05, 4.69) is 4.74 Å². The van der Waals surface area contributed by atoms with Gasteiger partial charge >= 0.3 is 11.9 Å². The van der Waals surface area contributed by atoms with Crippen LogP contribution in [-0.4, -0.2) is 18.0 Å². The maximum atomic E-state index is 11.0. The van der Waals surface area contributed by atoms with Gasteiger partial charge in [0.15, 0.2) is 6.10 Å². The molecule has 1 aliphatic heterocycles. The molecule has 1 aromatic rings. The van der Waals surface area contributed by atoms with Crippen molar-refractivity contribution in [3.63, 3.8) is 0 Å². The molecular weight excluding hydrogens is 196 g/mol. The number of cyclic esters (lactones) is 2. The highest BCUT2D eigenvalue weighted by molar-refractivity contribution is 5.96. The van der Waals surface area contributed by atoms with Crippen molar-refractivity contribution in [1.29, 1.82) is 0 Å². The Morgan fingerprint density at radius 3 is 2.60 bits per heavy atom. The van der Waals surface area contributed by atoms with E-state index in [-0.39, 0.29) is 6.42 Å². The van der Waals surface area contributed by atoms with Gasteiger partial charge in [0.25, 0.3) is 0 Å². The molecule has 4 nitrogen and oxygen atoms in total. The number of hydrogen-bond donors (Lipinski definition) is 0. The summed E-state index contributed by atoms with van der Waals surface area (Å²) >= 11 is 0. The molecule has 0 spiro atoms. The maximum absolute atomic E-state index is 11.0. The van der Waals surface area contributed by atoms with E-state index in [9.17, 15) is 9.59 Å². The molecule has 0 bridgehead atoms. The van der Waals surface area contributed by atoms with Crippen LogP contribution in [0.4, 0.5) is 0 Å². The fraction of sp³-hybridized carbons (Fsp3) is 0.273. The number of benzene rings is 1. The molecule has 15 heavy (non-hydrogen) atoms. The van der Waals surface area contributed by atoms with Gasteiger partial charge in [-0.1, -0.05) is 30.3 Å². The summed E-state index contributed by atoms with van der Waals surface area (Å²) in [5, 5.41) is 0. The Labute approximate surface area is 86.8 Å². The van der Waals surface area contributed by atoms with Crippen molar-refractivity contribution < 1.29 is 19.1 Å². The Morgan fingerprint density at radius 1 is 1.27 bits per heavy atom. The summed E-state index contributed by atoms with van der Waals surface area (Å²) in [7, 11) is 0. The summed E-state index contributed by atoms with van der Waals surface area (Å²) in [5.41, 5.74) is 0.963. The van der Waals surface area contributed by atoms with Gasteiger partial charge in [0.05, 0.1) is 13.0 Å². The van der Waals surface area contributed by atoms with Crippen molar-refractivity contribution in [2.75, 3.05) is 0 Å². The zero-order chi connectivity index (χ0) is 10.7. The van der Waals surface area contributed by atoms with Crippen molar-refractivity contribution in [3.05, 3.63) is 35.9 Å². The van der Waals surface area contributed by atoms with E-state index in [0.29, 0.717) is 6.61 Å². The van der Waals surface area contributed by atoms with Crippen LogP contribution < -0.4 is 0 Å². The molecule has 0 radical (unpaired) electrons. The van der Waals surface area contributed by atoms with E-state index in [1.807, 2.05) is 30.3 Å². The molecule has 78 valence electrons. The molecule has 0 N–H and O–H groups in total. The lowest BCUT2D eigenvalue weighted by atomic mass is 10.2. The van der Waals surface area contributed by atoms with Gasteiger partial charge < -0.3 is 9.47 Å². The molecule has 0 aromatic heterocycles. The van der Waals surface area contributed by atoms with Crippen molar-refractivity contribution in [2.24, 2.45) is 0 Å².